The number of sulfonamides is 1. The molecular weight excluding hydrogens is 258 g/mol. The van der Waals surface area contributed by atoms with Crippen LogP contribution in [0.4, 0.5) is 5.82 Å². The Morgan fingerprint density at radius 1 is 1.56 bits per heavy atom. The van der Waals surface area contributed by atoms with Crippen LogP contribution in [-0.2, 0) is 10.0 Å². The number of primary sulfonamides is 1. The van der Waals surface area contributed by atoms with E-state index in [1.165, 1.54) is 6.20 Å². The van der Waals surface area contributed by atoms with Crippen LogP contribution in [0.15, 0.2) is 12.3 Å². The number of rotatable bonds is 6. The summed E-state index contributed by atoms with van der Waals surface area (Å²) in [7, 11) is -3.49. The van der Waals surface area contributed by atoms with Gasteiger partial charge in [0.2, 0.25) is 10.0 Å². The highest BCUT2D eigenvalue weighted by atomic mass is 32.2. The summed E-state index contributed by atoms with van der Waals surface area (Å²) in [5, 5.41) is 16.7. The van der Waals surface area contributed by atoms with E-state index >= 15 is 0 Å². The van der Waals surface area contributed by atoms with Gasteiger partial charge >= 0.3 is 5.97 Å². The summed E-state index contributed by atoms with van der Waals surface area (Å²) in [4.78, 5) is 15.0. The van der Waals surface area contributed by atoms with Gasteiger partial charge in [0.1, 0.15) is 11.4 Å². The smallest absolute Gasteiger partial charge is 0.339 e. The zero-order valence-electron chi connectivity index (χ0n) is 9.88. The van der Waals surface area contributed by atoms with E-state index in [2.05, 4.69) is 10.3 Å². The molecule has 0 aliphatic carbocycles. The number of carboxylic acid groups (broad SMARTS) is 1. The number of aromatic carboxylic acids is 1. The van der Waals surface area contributed by atoms with Crippen LogP contribution < -0.4 is 10.5 Å². The second kappa shape index (κ2) is 5.78. The Labute approximate surface area is 105 Å². The molecule has 0 unspecified atom stereocenters. The molecule has 0 aromatic carbocycles. The number of hydrogen-bond acceptors (Lipinski definition) is 5. The van der Waals surface area contributed by atoms with Crippen molar-refractivity contribution in [2.45, 2.75) is 13.3 Å². The highest BCUT2D eigenvalue weighted by Crippen LogP contribution is 2.16. The first kappa shape index (κ1) is 14.4. The van der Waals surface area contributed by atoms with E-state index in [-0.39, 0.29) is 30.1 Å². The predicted octanol–water partition coefficient (Wildman–Crippen LogP) is 0.179. The van der Waals surface area contributed by atoms with Crippen molar-refractivity contribution in [3.63, 3.8) is 0 Å². The monoisotopic (exact) mass is 273 g/mol. The van der Waals surface area contributed by atoms with Crippen LogP contribution in [0.2, 0.25) is 0 Å². The first-order valence-corrected chi connectivity index (χ1v) is 6.96. The molecule has 0 atom stereocenters. The average molecular weight is 273 g/mol. The number of aromatic nitrogens is 1. The van der Waals surface area contributed by atoms with Crippen molar-refractivity contribution < 1.29 is 18.3 Å². The minimum atomic E-state index is -3.49. The lowest BCUT2D eigenvalue weighted by atomic mass is 10.1. The van der Waals surface area contributed by atoms with Crippen LogP contribution in [0.1, 0.15) is 22.3 Å². The molecule has 0 fully saturated rings. The molecule has 0 bridgehead atoms. The third kappa shape index (κ3) is 4.30. The third-order valence-electron chi connectivity index (χ3n) is 2.27. The summed E-state index contributed by atoms with van der Waals surface area (Å²) in [6, 6.07) is 1.60. The molecule has 0 saturated heterocycles. The number of anilines is 1. The number of nitrogens with zero attached hydrogens (tertiary/aromatic N) is 1. The van der Waals surface area contributed by atoms with Crippen molar-refractivity contribution in [2.75, 3.05) is 17.6 Å². The molecule has 7 nitrogen and oxygen atoms in total. The van der Waals surface area contributed by atoms with Crippen LogP contribution in [-0.4, -0.2) is 36.8 Å². The number of nitrogens with two attached hydrogens (primary N) is 1. The zero-order chi connectivity index (χ0) is 13.8. The van der Waals surface area contributed by atoms with Gasteiger partial charge in [0.25, 0.3) is 0 Å². The van der Waals surface area contributed by atoms with Crippen molar-refractivity contribution in [3.05, 3.63) is 23.4 Å². The number of carbonyl (C=O) groups is 1. The topological polar surface area (TPSA) is 122 Å². The predicted molar refractivity (Wildman–Crippen MR) is 67.0 cm³/mol. The van der Waals surface area contributed by atoms with Crippen molar-refractivity contribution in [3.8, 4) is 0 Å². The summed E-state index contributed by atoms with van der Waals surface area (Å²) in [5.74, 6) is -1.000. The van der Waals surface area contributed by atoms with E-state index in [0.29, 0.717) is 5.56 Å². The number of hydrogen-bond donors (Lipinski definition) is 3. The Morgan fingerprint density at radius 2 is 2.22 bits per heavy atom. The van der Waals surface area contributed by atoms with Gasteiger partial charge < -0.3 is 10.4 Å². The Kier molecular flexibility index (Phi) is 4.62. The maximum atomic E-state index is 11.0. The minimum absolute atomic E-state index is 0.0908. The van der Waals surface area contributed by atoms with E-state index in [1.807, 2.05) is 0 Å². The van der Waals surface area contributed by atoms with Gasteiger partial charge in [-0.1, -0.05) is 0 Å². The van der Waals surface area contributed by atoms with E-state index in [0.717, 1.165) is 0 Å². The average Bonchev–Trinajstić information content (AvgIpc) is 2.22. The van der Waals surface area contributed by atoms with Crippen LogP contribution >= 0.6 is 0 Å². The Bertz CT molecular complexity index is 542. The van der Waals surface area contributed by atoms with Gasteiger partial charge in [-0.2, -0.15) is 0 Å². The Morgan fingerprint density at radius 3 is 2.78 bits per heavy atom. The first-order valence-electron chi connectivity index (χ1n) is 5.24. The fourth-order valence-corrected chi connectivity index (χ4v) is 1.99. The lowest BCUT2D eigenvalue weighted by molar-refractivity contribution is 0.0697. The van der Waals surface area contributed by atoms with Crippen LogP contribution in [0.25, 0.3) is 0 Å². The van der Waals surface area contributed by atoms with Gasteiger partial charge in [0.05, 0.1) is 5.75 Å². The van der Waals surface area contributed by atoms with Gasteiger partial charge in [-0.3, -0.25) is 0 Å². The highest BCUT2D eigenvalue weighted by Gasteiger charge is 2.13. The second-order valence-electron chi connectivity index (χ2n) is 3.80. The van der Waals surface area contributed by atoms with Crippen molar-refractivity contribution in [1.29, 1.82) is 0 Å². The zero-order valence-corrected chi connectivity index (χ0v) is 10.7. The fourth-order valence-electron chi connectivity index (χ4n) is 1.44. The van der Waals surface area contributed by atoms with Crippen LogP contribution in [0.5, 0.6) is 0 Å². The van der Waals surface area contributed by atoms with Gasteiger partial charge in [-0.15, -0.1) is 0 Å². The molecule has 8 heteroatoms. The second-order valence-corrected chi connectivity index (χ2v) is 5.54. The quantitative estimate of drug-likeness (QED) is 0.635. The standard InChI is InChI=1S/C10H15N3O4S/c1-7-3-5-13-9(8(7)10(14)15)12-4-2-6-18(11,16)17/h3,5H,2,4,6H2,1H3,(H,12,13)(H,14,15)(H2,11,16,17). The van der Waals surface area contributed by atoms with Gasteiger partial charge in [0, 0.05) is 12.7 Å². The summed E-state index contributed by atoms with van der Waals surface area (Å²) in [6.07, 6.45) is 1.78. The van der Waals surface area contributed by atoms with E-state index in [9.17, 15) is 13.2 Å². The van der Waals surface area contributed by atoms with Crippen molar-refractivity contribution in [1.82, 2.24) is 4.98 Å². The maximum Gasteiger partial charge on any atom is 0.339 e. The summed E-state index contributed by atoms with van der Waals surface area (Å²) in [6.45, 7) is 1.95. The molecule has 0 aliphatic rings. The molecule has 0 spiro atoms. The molecule has 0 amide bonds. The number of pyridine rings is 1. The molecule has 1 aromatic heterocycles. The molecule has 1 aromatic rings. The van der Waals surface area contributed by atoms with E-state index in [1.54, 1.807) is 13.0 Å². The normalized spacial score (nSPS) is 11.2. The van der Waals surface area contributed by atoms with Gasteiger partial charge in [0.15, 0.2) is 0 Å². The highest BCUT2D eigenvalue weighted by molar-refractivity contribution is 7.89. The van der Waals surface area contributed by atoms with Gasteiger partial charge in [-0.25, -0.2) is 23.3 Å². The van der Waals surface area contributed by atoms with Gasteiger partial charge in [-0.05, 0) is 25.0 Å². The summed E-state index contributed by atoms with van der Waals surface area (Å²) < 4.78 is 21.4. The Hall–Kier alpha value is -1.67. The summed E-state index contributed by atoms with van der Waals surface area (Å²) >= 11 is 0. The molecule has 1 heterocycles. The number of nitrogens with one attached hydrogen (secondary N) is 1. The van der Waals surface area contributed by atoms with E-state index < -0.39 is 16.0 Å². The third-order valence-corrected chi connectivity index (χ3v) is 3.13. The van der Waals surface area contributed by atoms with Crippen LogP contribution in [0, 0.1) is 6.92 Å². The lowest BCUT2D eigenvalue weighted by Crippen LogP contribution is -2.19. The Balaban J connectivity index is 2.68. The molecule has 100 valence electrons. The fraction of sp³-hybridized carbons (Fsp3) is 0.400. The largest absolute Gasteiger partial charge is 0.478 e. The first-order chi connectivity index (χ1) is 8.31. The molecule has 18 heavy (non-hydrogen) atoms. The number of aryl methyl sites for hydroxylation is 1. The maximum absolute atomic E-state index is 11.0. The number of carboxylic acids is 1. The summed E-state index contributed by atoms with van der Waals surface area (Å²) in [5.41, 5.74) is 0.680. The van der Waals surface area contributed by atoms with E-state index in [4.69, 9.17) is 10.2 Å². The van der Waals surface area contributed by atoms with Crippen LogP contribution in [0.3, 0.4) is 0 Å². The lowest BCUT2D eigenvalue weighted by Gasteiger charge is -2.09. The molecule has 0 radical (unpaired) electrons. The molecule has 4 N–H and O–H groups in total. The minimum Gasteiger partial charge on any atom is -0.478 e. The molecule has 1 rings (SSSR count). The van der Waals surface area contributed by atoms with Crippen molar-refractivity contribution >= 4 is 21.8 Å². The molecular formula is C10H15N3O4S. The molecule has 0 saturated carbocycles. The molecule has 0 aliphatic heterocycles. The SMILES string of the molecule is Cc1ccnc(NCCCS(N)(=O)=O)c1C(=O)O. The van der Waals surface area contributed by atoms with Crippen molar-refractivity contribution in [2.24, 2.45) is 5.14 Å².